The Bertz CT molecular complexity index is 454. The van der Waals surface area contributed by atoms with E-state index in [1.54, 1.807) is 6.07 Å². The number of halogens is 1. The lowest BCUT2D eigenvalue weighted by molar-refractivity contribution is -0.139. The molecule has 0 saturated carbocycles. The molecular weight excluding hydrogens is 290 g/mol. The van der Waals surface area contributed by atoms with Crippen LogP contribution in [0.15, 0.2) is 17.0 Å². The normalized spacial score (nSPS) is 9.62. The van der Waals surface area contributed by atoms with Crippen LogP contribution in [-0.4, -0.2) is 13.1 Å². The first-order valence-corrected chi connectivity index (χ1v) is 6.07. The van der Waals surface area contributed by atoms with Crippen molar-refractivity contribution in [2.75, 3.05) is 7.11 Å². The van der Waals surface area contributed by atoms with Gasteiger partial charge in [-0.15, -0.1) is 12.6 Å². The smallest absolute Gasteiger partial charge is 0.310 e. The largest absolute Gasteiger partial charge is 0.469 e. The number of esters is 1. The van der Waals surface area contributed by atoms with Crippen molar-refractivity contribution in [2.45, 2.75) is 16.6 Å². The van der Waals surface area contributed by atoms with Crippen LogP contribution >= 0.6 is 28.6 Å². The first-order valence-electron chi connectivity index (χ1n) is 4.50. The van der Waals surface area contributed by atoms with Crippen molar-refractivity contribution in [1.82, 2.24) is 0 Å². The van der Waals surface area contributed by atoms with E-state index in [0.29, 0.717) is 21.4 Å². The number of nitriles is 1. The second-order valence-electron chi connectivity index (χ2n) is 3.14. The molecule has 0 heterocycles. The third-order valence-electron chi connectivity index (χ3n) is 2.11. The van der Waals surface area contributed by atoms with Gasteiger partial charge in [-0.2, -0.15) is 5.26 Å². The lowest BCUT2D eigenvalue weighted by atomic mass is 10.0. The van der Waals surface area contributed by atoms with Crippen molar-refractivity contribution in [3.8, 4) is 6.07 Å². The zero-order valence-electron chi connectivity index (χ0n) is 8.66. The second kappa shape index (κ2) is 5.92. The molecule has 0 amide bonds. The number of ether oxygens (including phenoxy) is 1. The Labute approximate surface area is 108 Å². The molecule has 0 radical (unpaired) electrons. The SMILES string of the molecule is COC(=O)Cc1c(S)cc(CBr)cc1C#N. The molecule has 0 N–H and O–H groups in total. The van der Waals surface area contributed by atoms with E-state index in [1.165, 1.54) is 7.11 Å². The lowest BCUT2D eigenvalue weighted by Gasteiger charge is -2.08. The van der Waals surface area contributed by atoms with E-state index in [9.17, 15) is 4.79 Å². The van der Waals surface area contributed by atoms with E-state index in [0.717, 1.165) is 5.56 Å². The van der Waals surface area contributed by atoms with Gasteiger partial charge >= 0.3 is 5.97 Å². The van der Waals surface area contributed by atoms with Crippen molar-refractivity contribution in [1.29, 1.82) is 5.26 Å². The summed E-state index contributed by atoms with van der Waals surface area (Å²) in [5.74, 6) is -0.376. The topological polar surface area (TPSA) is 50.1 Å². The third-order valence-corrected chi connectivity index (χ3v) is 3.16. The van der Waals surface area contributed by atoms with E-state index >= 15 is 0 Å². The summed E-state index contributed by atoms with van der Waals surface area (Å²) in [5, 5.41) is 9.64. The molecule has 0 bridgehead atoms. The number of rotatable bonds is 3. The maximum Gasteiger partial charge on any atom is 0.310 e. The van der Waals surface area contributed by atoms with Crippen molar-refractivity contribution in [2.24, 2.45) is 0 Å². The molecular formula is C11H10BrNO2S. The minimum atomic E-state index is -0.376. The van der Waals surface area contributed by atoms with Gasteiger partial charge in [0.15, 0.2) is 0 Å². The summed E-state index contributed by atoms with van der Waals surface area (Å²) in [7, 11) is 1.32. The van der Waals surface area contributed by atoms with Gasteiger partial charge in [0.05, 0.1) is 25.2 Å². The van der Waals surface area contributed by atoms with E-state index in [-0.39, 0.29) is 12.4 Å². The predicted octanol–water partition coefficient (Wildman–Crippen LogP) is 2.46. The van der Waals surface area contributed by atoms with E-state index < -0.39 is 0 Å². The first kappa shape index (κ1) is 13.1. The van der Waals surface area contributed by atoms with Crippen molar-refractivity contribution in [3.05, 3.63) is 28.8 Å². The highest BCUT2D eigenvalue weighted by Gasteiger charge is 2.12. The van der Waals surface area contributed by atoms with Gasteiger partial charge in [-0.1, -0.05) is 15.9 Å². The molecule has 1 rings (SSSR count). The number of carbonyl (C=O) groups excluding carboxylic acids is 1. The molecule has 5 heteroatoms. The Kier molecular flexibility index (Phi) is 4.84. The molecule has 0 aliphatic carbocycles. The number of carbonyl (C=O) groups is 1. The zero-order chi connectivity index (χ0) is 12.1. The third kappa shape index (κ3) is 3.00. The molecule has 0 unspecified atom stereocenters. The Hall–Kier alpha value is -0.990. The molecule has 0 aromatic heterocycles. The number of benzene rings is 1. The Morgan fingerprint density at radius 1 is 1.62 bits per heavy atom. The summed E-state index contributed by atoms with van der Waals surface area (Å²) in [6.45, 7) is 0. The van der Waals surface area contributed by atoms with Crippen LogP contribution in [0.5, 0.6) is 0 Å². The Balaban J connectivity index is 3.18. The fraction of sp³-hybridized carbons (Fsp3) is 0.273. The summed E-state index contributed by atoms with van der Waals surface area (Å²) in [6.07, 6.45) is 0.0702. The summed E-state index contributed by atoms with van der Waals surface area (Å²) in [5.41, 5.74) is 2.03. The Morgan fingerprint density at radius 3 is 2.81 bits per heavy atom. The molecule has 0 fully saturated rings. The highest BCUT2D eigenvalue weighted by Crippen LogP contribution is 2.23. The van der Waals surface area contributed by atoms with Crippen LogP contribution in [0, 0.1) is 11.3 Å². The minimum absolute atomic E-state index is 0.0702. The quantitative estimate of drug-likeness (QED) is 0.530. The number of hydrogen-bond acceptors (Lipinski definition) is 4. The van der Waals surface area contributed by atoms with Crippen LogP contribution in [0.3, 0.4) is 0 Å². The van der Waals surface area contributed by atoms with Crippen LogP contribution < -0.4 is 0 Å². The number of alkyl halides is 1. The highest BCUT2D eigenvalue weighted by atomic mass is 79.9. The van der Waals surface area contributed by atoms with Crippen molar-refractivity contribution < 1.29 is 9.53 Å². The number of methoxy groups -OCH3 is 1. The highest BCUT2D eigenvalue weighted by molar-refractivity contribution is 9.08. The Morgan fingerprint density at radius 2 is 2.31 bits per heavy atom. The summed E-state index contributed by atoms with van der Waals surface area (Å²) in [6, 6.07) is 5.64. The van der Waals surface area contributed by atoms with E-state index in [1.807, 2.05) is 6.07 Å². The molecule has 0 aliphatic heterocycles. The maximum atomic E-state index is 11.2. The van der Waals surface area contributed by atoms with Gasteiger partial charge in [0, 0.05) is 10.2 Å². The van der Waals surface area contributed by atoms with Crippen molar-refractivity contribution >= 4 is 34.5 Å². The van der Waals surface area contributed by atoms with Gasteiger partial charge in [-0.05, 0) is 23.3 Å². The number of thiol groups is 1. The predicted molar refractivity (Wildman–Crippen MR) is 66.8 cm³/mol. The molecule has 1 aromatic rings. The molecule has 0 aliphatic rings. The second-order valence-corrected chi connectivity index (χ2v) is 4.18. The standard InChI is InChI=1S/C11H10BrNO2S/c1-15-11(14)4-9-8(6-13)2-7(5-12)3-10(9)16/h2-3,16H,4-5H2,1H3. The minimum Gasteiger partial charge on any atom is -0.469 e. The van der Waals surface area contributed by atoms with Crippen molar-refractivity contribution in [3.63, 3.8) is 0 Å². The maximum absolute atomic E-state index is 11.2. The van der Waals surface area contributed by atoms with Gasteiger partial charge in [0.1, 0.15) is 0 Å². The van der Waals surface area contributed by atoms with Crippen LogP contribution in [0.2, 0.25) is 0 Å². The average Bonchev–Trinajstić information content (AvgIpc) is 2.30. The monoisotopic (exact) mass is 299 g/mol. The first-order chi connectivity index (χ1) is 7.62. The average molecular weight is 300 g/mol. The fourth-order valence-electron chi connectivity index (χ4n) is 1.29. The van der Waals surface area contributed by atoms with E-state index in [4.69, 9.17) is 5.26 Å². The summed E-state index contributed by atoms with van der Waals surface area (Å²) >= 11 is 7.59. The summed E-state index contributed by atoms with van der Waals surface area (Å²) < 4.78 is 4.57. The van der Waals surface area contributed by atoms with Crippen LogP contribution in [-0.2, 0) is 21.3 Å². The van der Waals surface area contributed by atoms with Gasteiger partial charge in [-0.25, -0.2) is 0 Å². The van der Waals surface area contributed by atoms with Crippen LogP contribution in [0.1, 0.15) is 16.7 Å². The van der Waals surface area contributed by atoms with Gasteiger partial charge in [-0.3, -0.25) is 4.79 Å². The molecule has 1 aromatic carbocycles. The van der Waals surface area contributed by atoms with Gasteiger partial charge in [0.2, 0.25) is 0 Å². The lowest BCUT2D eigenvalue weighted by Crippen LogP contribution is -2.07. The summed E-state index contributed by atoms with van der Waals surface area (Å²) in [4.78, 5) is 11.8. The van der Waals surface area contributed by atoms with Crippen LogP contribution in [0.4, 0.5) is 0 Å². The molecule has 0 spiro atoms. The molecule has 0 atom stereocenters. The number of nitrogens with zero attached hydrogens (tertiary/aromatic N) is 1. The zero-order valence-corrected chi connectivity index (χ0v) is 11.1. The van der Waals surface area contributed by atoms with Crippen LogP contribution in [0.25, 0.3) is 0 Å². The molecule has 0 saturated heterocycles. The van der Waals surface area contributed by atoms with Gasteiger partial charge in [0.25, 0.3) is 0 Å². The molecule has 84 valence electrons. The van der Waals surface area contributed by atoms with E-state index in [2.05, 4.69) is 39.4 Å². The van der Waals surface area contributed by atoms with Gasteiger partial charge < -0.3 is 4.74 Å². The number of hydrogen-bond donors (Lipinski definition) is 1. The molecule has 3 nitrogen and oxygen atoms in total. The molecule has 16 heavy (non-hydrogen) atoms. The fourth-order valence-corrected chi connectivity index (χ4v) is 1.98.